The predicted octanol–water partition coefficient (Wildman–Crippen LogP) is 3.75. The van der Waals surface area contributed by atoms with Gasteiger partial charge in [-0.25, -0.2) is 0 Å². The lowest BCUT2D eigenvalue weighted by atomic mass is 9.97. The maximum atomic E-state index is 12.9. The van der Waals surface area contributed by atoms with Gasteiger partial charge in [0.1, 0.15) is 5.75 Å². The standard InChI is InChI=1S/C28H41NO10Si/c1-16-24(36-17(2)30)25(37-18(3)31)26(38-19(4)32)27(35-16)29-23(33)14-12-20-11-13-21(22(15-20)34-8)39-40(9,10)28(5,6)7/h11-16,24-27H,1-10H3,(H,29,33)/b14-12+/t16?,24-,25?,26?,27?/m1/s1. The molecule has 1 aliphatic heterocycles. The van der Waals surface area contributed by atoms with E-state index >= 15 is 0 Å². The Labute approximate surface area is 236 Å². The number of hydrogen-bond acceptors (Lipinski definition) is 10. The molecule has 1 aliphatic rings. The van der Waals surface area contributed by atoms with Gasteiger partial charge in [0.25, 0.3) is 8.32 Å². The molecule has 0 saturated carbocycles. The topological polar surface area (TPSA) is 136 Å². The van der Waals surface area contributed by atoms with Gasteiger partial charge in [0.05, 0.1) is 13.2 Å². The molecule has 1 N–H and O–H groups in total. The first-order valence-electron chi connectivity index (χ1n) is 13.0. The quantitative estimate of drug-likeness (QED) is 0.199. The molecule has 0 spiro atoms. The van der Waals surface area contributed by atoms with E-state index in [-0.39, 0.29) is 5.04 Å². The predicted molar refractivity (Wildman–Crippen MR) is 149 cm³/mol. The van der Waals surface area contributed by atoms with Crippen LogP contribution >= 0.6 is 0 Å². The minimum absolute atomic E-state index is 0.00397. The fraction of sp³-hybridized carbons (Fsp3) is 0.571. The van der Waals surface area contributed by atoms with Crippen molar-refractivity contribution in [3.63, 3.8) is 0 Å². The van der Waals surface area contributed by atoms with Crippen molar-refractivity contribution >= 4 is 38.2 Å². The molecule has 222 valence electrons. The summed E-state index contributed by atoms with van der Waals surface area (Å²) in [7, 11) is -0.548. The largest absolute Gasteiger partial charge is 0.541 e. The highest BCUT2D eigenvalue weighted by Crippen LogP contribution is 2.40. The molecule has 1 amide bonds. The zero-order valence-corrected chi connectivity index (χ0v) is 25.9. The Morgan fingerprint density at radius 2 is 1.45 bits per heavy atom. The number of methoxy groups -OCH3 is 1. The summed E-state index contributed by atoms with van der Waals surface area (Å²) in [5.41, 5.74) is 0.678. The van der Waals surface area contributed by atoms with Crippen LogP contribution in [-0.2, 0) is 38.1 Å². The van der Waals surface area contributed by atoms with Crippen LogP contribution in [0.5, 0.6) is 11.5 Å². The van der Waals surface area contributed by atoms with Crippen LogP contribution in [0.2, 0.25) is 18.1 Å². The first kappa shape index (κ1) is 32.8. The zero-order valence-electron chi connectivity index (χ0n) is 24.9. The second-order valence-electron chi connectivity index (χ2n) is 11.1. The zero-order chi connectivity index (χ0) is 30.4. The van der Waals surface area contributed by atoms with Crippen molar-refractivity contribution in [3.8, 4) is 11.5 Å². The lowest BCUT2D eigenvalue weighted by Crippen LogP contribution is -2.64. The van der Waals surface area contributed by atoms with Crippen molar-refractivity contribution in [2.24, 2.45) is 0 Å². The molecule has 2 rings (SSSR count). The Kier molecular flexibility index (Phi) is 10.9. The summed E-state index contributed by atoms with van der Waals surface area (Å²) in [6.07, 6.45) is -2.68. The molecule has 5 atom stereocenters. The monoisotopic (exact) mass is 579 g/mol. The third-order valence-corrected chi connectivity index (χ3v) is 11.1. The van der Waals surface area contributed by atoms with Gasteiger partial charge in [0, 0.05) is 26.8 Å². The Bertz CT molecular complexity index is 1130. The number of hydrogen-bond donors (Lipinski definition) is 1. The number of benzene rings is 1. The van der Waals surface area contributed by atoms with Crippen molar-refractivity contribution in [2.75, 3.05) is 7.11 Å². The first-order chi connectivity index (χ1) is 18.4. The fourth-order valence-corrected chi connectivity index (χ4v) is 4.81. The van der Waals surface area contributed by atoms with Crippen LogP contribution in [0.3, 0.4) is 0 Å². The summed E-state index contributed by atoms with van der Waals surface area (Å²) in [5, 5.41) is 2.64. The maximum Gasteiger partial charge on any atom is 0.303 e. The van der Waals surface area contributed by atoms with Gasteiger partial charge in [-0.3, -0.25) is 19.2 Å². The Morgan fingerprint density at radius 3 is 1.98 bits per heavy atom. The van der Waals surface area contributed by atoms with E-state index in [4.69, 9.17) is 28.1 Å². The normalized spacial score (nSPS) is 23.2. The molecule has 11 nitrogen and oxygen atoms in total. The average molecular weight is 580 g/mol. The van der Waals surface area contributed by atoms with E-state index in [1.54, 1.807) is 38.3 Å². The third-order valence-electron chi connectivity index (χ3n) is 6.75. The molecule has 1 fully saturated rings. The summed E-state index contributed by atoms with van der Waals surface area (Å²) in [6, 6.07) is 5.36. The van der Waals surface area contributed by atoms with Crippen molar-refractivity contribution in [3.05, 3.63) is 29.8 Å². The molecule has 1 aromatic carbocycles. The molecule has 0 aromatic heterocycles. The van der Waals surface area contributed by atoms with E-state index in [9.17, 15) is 19.2 Å². The summed E-state index contributed by atoms with van der Waals surface area (Å²) in [4.78, 5) is 48.2. The van der Waals surface area contributed by atoms with Crippen LogP contribution in [0.15, 0.2) is 24.3 Å². The van der Waals surface area contributed by atoms with E-state index in [1.165, 1.54) is 19.9 Å². The van der Waals surface area contributed by atoms with Gasteiger partial charge in [0.15, 0.2) is 30.3 Å². The summed E-state index contributed by atoms with van der Waals surface area (Å²) >= 11 is 0. The lowest BCUT2D eigenvalue weighted by molar-refractivity contribution is -0.247. The van der Waals surface area contributed by atoms with Crippen LogP contribution in [-0.4, -0.2) is 69.9 Å². The lowest BCUT2D eigenvalue weighted by Gasteiger charge is -2.43. The average Bonchev–Trinajstić information content (AvgIpc) is 2.81. The molecule has 1 aromatic rings. The summed E-state index contributed by atoms with van der Waals surface area (Å²) in [5.74, 6) is -1.43. The summed E-state index contributed by atoms with van der Waals surface area (Å²) in [6.45, 7) is 15.8. The smallest absolute Gasteiger partial charge is 0.303 e. The van der Waals surface area contributed by atoms with Gasteiger partial charge in [0.2, 0.25) is 5.91 Å². The number of amides is 1. The maximum absolute atomic E-state index is 12.9. The van der Waals surface area contributed by atoms with Crippen LogP contribution in [0.4, 0.5) is 0 Å². The molecule has 0 bridgehead atoms. The fourth-order valence-electron chi connectivity index (χ4n) is 3.79. The highest BCUT2D eigenvalue weighted by Gasteiger charge is 2.50. The van der Waals surface area contributed by atoms with Crippen molar-refractivity contribution in [2.45, 2.75) is 97.2 Å². The molecule has 1 heterocycles. The van der Waals surface area contributed by atoms with Crippen molar-refractivity contribution in [1.82, 2.24) is 5.32 Å². The molecule has 40 heavy (non-hydrogen) atoms. The number of ether oxygens (including phenoxy) is 5. The van der Waals surface area contributed by atoms with E-state index in [0.29, 0.717) is 17.1 Å². The second-order valence-corrected chi connectivity index (χ2v) is 15.8. The number of carbonyl (C=O) groups excluding carboxylic acids is 4. The third kappa shape index (κ3) is 8.82. The second kappa shape index (κ2) is 13.3. The Hall–Kier alpha value is -3.38. The highest BCUT2D eigenvalue weighted by atomic mass is 28.4. The molecular formula is C28H41NO10Si. The van der Waals surface area contributed by atoms with E-state index < -0.39 is 62.8 Å². The van der Waals surface area contributed by atoms with Crippen LogP contribution in [0.25, 0.3) is 6.08 Å². The van der Waals surface area contributed by atoms with Gasteiger partial charge >= 0.3 is 17.9 Å². The Balaban J connectivity index is 2.25. The van der Waals surface area contributed by atoms with Crippen molar-refractivity contribution < 1.29 is 47.3 Å². The van der Waals surface area contributed by atoms with Crippen molar-refractivity contribution in [1.29, 1.82) is 0 Å². The molecule has 0 radical (unpaired) electrons. The number of carbonyl (C=O) groups is 4. The highest BCUT2D eigenvalue weighted by molar-refractivity contribution is 6.74. The minimum Gasteiger partial charge on any atom is -0.541 e. The van der Waals surface area contributed by atoms with Gasteiger partial charge < -0.3 is 33.4 Å². The molecular weight excluding hydrogens is 538 g/mol. The van der Waals surface area contributed by atoms with Gasteiger partial charge in [-0.1, -0.05) is 26.8 Å². The summed E-state index contributed by atoms with van der Waals surface area (Å²) < 4.78 is 33.7. The van der Waals surface area contributed by atoms with Crippen LogP contribution in [0, 0.1) is 0 Å². The van der Waals surface area contributed by atoms with E-state index in [1.807, 2.05) is 0 Å². The van der Waals surface area contributed by atoms with Crippen LogP contribution in [0.1, 0.15) is 54.0 Å². The van der Waals surface area contributed by atoms with E-state index in [0.717, 1.165) is 6.92 Å². The van der Waals surface area contributed by atoms with E-state index in [2.05, 4.69) is 39.2 Å². The first-order valence-corrected chi connectivity index (χ1v) is 15.9. The number of nitrogens with one attached hydrogen (secondary N) is 1. The van der Waals surface area contributed by atoms with Gasteiger partial charge in [-0.2, -0.15) is 0 Å². The number of esters is 3. The Morgan fingerprint density at radius 1 is 0.900 bits per heavy atom. The SMILES string of the molecule is COc1cc(/C=C/C(=O)NC2OC(C)[C@@H](OC(C)=O)C(OC(C)=O)C2OC(C)=O)ccc1O[Si](C)(C)C(C)(C)C. The van der Waals surface area contributed by atoms with Crippen LogP contribution < -0.4 is 14.5 Å². The molecule has 12 heteroatoms. The van der Waals surface area contributed by atoms with Gasteiger partial charge in [-0.15, -0.1) is 0 Å². The minimum atomic E-state index is -2.10. The number of rotatable bonds is 9. The molecule has 1 saturated heterocycles. The molecule has 4 unspecified atom stereocenters. The molecule has 0 aliphatic carbocycles. The van der Waals surface area contributed by atoms with Gasteiger partial charge in [-0.05, 0) is 48.8 Å².